The van der Waals surface area contributed by atoms with E-state index in [-0.39, 0.29) is 24.3 Å². The minimum absolute atomic E-state index is 0.0965. The monoisotopic (exact) mass is 508 g/mol. The van der Waals surface area contributed by atoms with E-state index in [1.54, 1.807) is 30.3 Å². The Morgan fingerprint density at radius 2 is 2.11 bits per heavy atom. The Kier molecular flexibility index (Phi) is 8.49. The van der Waals surface area contributed by atoms with E-state index in [0.29, 0.717) is 0 Å². The third-order valence-electron chi connectivity index (χ3n) is 5.14. The first kappa shape index (κ1) is 26.2. The van der Waals surface area contributed by atoms with Crippen LogP contribution in [0.1, 0.15) is 25.1 Å². The van der Waals surface area contributed by atoms with Crippen LogP contribution in [0.25, 0.3) is 10.4 Å². The van der Waals surface area contributed by atoms with Gasteiger partial charge in [-0.05, 0) is 31.5 Å². The largest absolute Gasteiger partial charge is 0.468 e. The Balaban J connectivity index is 1.81. The van der Waals surface area contributed by atoms with Crippen molar-refractivity contribution in [1.29, 1.82) is 0 Å². The molecule has 35 heavy (non-hydrogen) atoms. The first-order valence-electron chi connectivity index (χ1n) is 10.5. The second-order valence-electron chi connectivity index (χ2n) is 7.69. The standard InChI is InChI=1S/C20H25N6O8P/c1-12-10-26(20(29)22-18(12)27)17-9-15(23-25-21)16(33-17)11-32-35(30,24-13(2)19(28)31-3)34-14-7-5-4-6-8-14/h4-8,10,13,15-17H,9,11H2,1-3H3,(H,24,30)(H,22,27,29)/t13-,15?,16?,17?,35?/m0/s1. The molecule has 1 aromatic heterocycles. The summed E-state index contributed by atoms with van der Waals surface area (Å²) in [5.41, 5.74) is 8.03. The predicted molar refractivity (Wildman–Crippen MR) is 123 cm³/mol. The predicted octanol–water partition coefficient (Wildman–Crippen LogP) is 2.17. The zero-order valence-corrected chi connectivity index (χ0v) is 20.1. The van der Waals surface area contributed by atoms with Crippen LogP contribution in [0.15, 0.2) is 51.2 Å². The van der Waals surface area contributed by atoms with Crippen LogP contribution in [0.3, 0.4) is 0 Å². The van der Waals surface area contributed by atoms with Gasteiger partial charge in [0.1, 0.15) is 18.0 Å². The number of H-pyrrole nitrogens is 1. The maximum absolute atomic E-state index is 13.5. The number of aromatic amines is 1. The molecule has 14 nitrogen and oxygen atoms in total. The van der Waals surface area contributed by atoms with Gasteiger partial charge in [0.25, 0.3) is 5.56 Å². The first-order valence-corrected chi connectivity index (χ1v) is 12.1. The highest BCUT2D eigenvalue weighted by Gasteiger charge is 2.40. The first-order chi connectivity index (χ1) is 16.7. The van der Waals surface area contributed by atoms with Gasteiger partial charge in [-0.1, -0.05) is 23.3 Å². The number of nitrogens with one attached hydrogen (secondary N) is 2. The van der Waals surface area contributed by atoms with Crippen molar-refractivity contribution in [2.45, 2.75) is 44.7 Å². The number of carbonyl (C=O) groups is 1. The summed E-state index contributed by atoms with van der Waals surface area (Å²) in [5.74, 6) is -0.477. The van der Waals surface area contributed by atoms with Crippen molar-refractivity contribution >= 4 is 13.7 Å². The molecule has 15 heteroatoms. The maximum Gasteiger partial charge on any atom is 0.459 e. The lowest BCUT2D eigenvalue weighted by atomic mass is 10.1. The molecule has 1 saturated heterocycles. The fraction of sp³-hybridized carbons (Fsp3) is 0.450. The summed E-state index contributed by atoms with van der Waals surface area (Å²) in [6.45, 7) is 2.58. The van der Waals surface area contributed by atoms with Crippen LogP contribution >= 0.6 is 7.75 Å². The molecule has 3 rings (SSSR count). The number of carbonyl (C=O) groups excluding carboxylic acids is 1. The summed E-state index contributed by atoms with van der Waals surface area (Å²) in [6, 6.07) is 6.34. The van der Waals surface area contributed by atoms with E-state index in [4.69, 9.17) is 19.3 Å². The SMILES string of the molecule is COC(=O)[C@H](C)NP(=O)(OCC1OC(n2cc(C)c(=O)[nH]c2=O)CC1N=[N+]=[N-])Oc1ccccc1. The van der Waals surface area contributed by atoms with Gasteiger partial charge in [0.15, 0.2) is 0 Å². The Hall–Kier alpha value is -3.41. The van der Waals surface area contributed by atoms with Crippen molar-refractivity contribution in [1.82, 2.24) is 14.6 Å². The van der Waals surface area contributed by atoms with E-state index < -0.39 is 49.4 Å². The van der Waals surface area contributed by atoms with Crippen LogP contribution in [0.4, 0.5) is 0 Å². The molecule has 5 atom stereocenters. The molecular formula is C20H25N6O8P. The van der Waals surface area contributed by atoms with E-state index in [1.807, 2.05) is 0 Å². The molecule has 2 N–H and O–H groups in total. The van der Waals surface area contributed by atoms with E-state index in [9.17, 15) is 18.9 Å². The van der Waals surface area contributed by atoms with Crippen molar-refractivity contribution in [3.05, 3.63) is 73.4 Å². The van der Waals surface area contributed by atoms with E-state index in [0.717, 1.165) is 0 Å². The zero-order chi connectivity index (χ0) is 25.6. The number of rotatable bonds is 10. The highest BCUT2D eigenvalue weighted by atomic mass is 31.2. The number of azide groups is 1. The third-order valence-corrected chi connectivity index (χ3v) is 6.79. The number of para-hydroxylation sites is 1. The van der Waals surface area contributed by atoms with E-state index in [1.165, 1.54) is 31.7 Å². The number of methoxy groups -OCH3 is 1. The second-order valence-corrected chi connectivity index (χ2v) is 9.38. The van der Waals surface area contributed by atoms with E-state index >= 15 is 0 Å². The average Bonchev–Trinajstić information content (AvgIpc) is 3.23. The highest BCUT2D eigenvalue weighted by molar-refractivity contribution is 7.52. The molecule has 1 aliphatic heterocycles. The molecule has 0 aliphatic carbocycles. The molecule has 1 aliphatic rings. The molecule has 0 saturated carbocycles. The Morgan fingerprint density at radius 3 is 2.77 bits per heavy atom. The van der Waals surface area contributed by atoms with Crippen LogP contribution in [-0.2, 0) is 23.4 Å². The molecular weight excluding hydrogens is 483 g/mol. The van der Waals surface area contributed by atoms with Crippen molar-refractivity contribution < 1.29 is 27.9 Å². The molecule has 2 aromatic rings. The Labute approximate surface area is 199 Å². The van der Waals surface area contributed by atoms with Gasteiger partial charge in [0, 0.05) is 23.1 Å². The third kappa shape index (κ3) is 6.59. The molecule has 2 heterocycles. The molecule has 0 amide bonds. The molecule has 188 valence electrons. The van der Waals surface area contributed by atoms with Crippen LogP contribution in [-0.4, -0.2) is 47.4 Å². The minimum atomic E-state index is -4.16. The minimum Gasteiger partial charge on any atom is -0.468 e. The zero-order valence-electron chi connectivity index (χ0n) is 19.2. The van der Waals surface area contributed by atoms with Crippen LogP contribution in [0.2, 0.25) is 0 Å². The molecule has 1 fully saturated rings. The number of nitrogens with zero attached hydrogens (tertiary/aromatic N) is 4. The summed E-state index contributed by atoms with van der Waals surface area (Å²) < 4.78 is 36.3. The number of hydrogen-bond donors (Lipinski definition) is 2. The average molecular weight is 508 g/mol. The number of esters is 1. The molecule has 0 spiro atoms. The number of hydrogen-bond acceptors (Lipinski definition) is 9. The van der Waals surface area contributed by atoms with Gasteiger partial charge in [-0.2, -0.15) is 5.09 Å². The molecule has 1 aromatic carbocycles. The van der Waals surface area contributed by atoms with Crippen LogP contribution in [0.5, 0.6) is 5.75 Å². The van der Waals surface area contributed by atoms with Gasteiger partial charge in [-0.15, -0.1) is 0 Å². The topological polar surface area (TPSA) is 187 Å². The van der Waals surface area contributed by atoms with E-state index in [2.05, 4.69) is 24.8 Å². The highest BCUT2D eigenvalue weighted by Crippen LogP contribution is 2.46. The van der Waals surface area contributed by atoms with Crippen molar-refractivity contribution in [3.63, 3.8) is 0 Å². The van der Waals surface area contributed by atoms with Crippen molar-refractivity contribution in [3.8, 4) is 5.75 Å². The Bertz CT molecular complexity index is 1260. The smallest absolute Gasteiger partial charge is 0.459 e. The number of benzene rings is 1. The fourth-order valence-corrected chi connectivity index (χ4v) is 4.87. The number of aryl methyl sites for hydroxylation is 1. The maximum atomic E-state index is 13.5. The van der Waals surface area contributed by atoms with Gasteiger partial charge < -0.3 is 14.0 Å². The van der Waals surface area contributed by atoms with Gasteiger partial charge >= 0.3 is 19.4 Å². The summed E-state index contributed by atoms with van der Waals surface area (Å²) in [5, 5.41) is 6.21. The lowest BCUT2D eigenvalue weighted by Crippen LogP contribution is -2.36. The quantitative estimate of drug-likeness (QED) is 0.159. The lowest BCUT2D eigenvalue weighted by molar-refractivity contribution is -0.142. The molecule has 4 unspecified atom stereocenters. The normalized spacial score (nSPS) is 22.0. The molecule has 0 radical (unpaired) electrons. The van der Waals surface area contributed by atoms with Gasteiger partial charge in [0.2, 0.25) is 0 Å². The lowest BCUT2D eigenvalue weighted by Gasteiger charge is -2.24. The van der Waals surface area contributed by atoms with Crippen LogP contribution in [0, 0.1) is 6.92 Å². The second kappa shape index (κ2) is 11.3. The van der Waals surface area contributed by atoms with Gasteiger partial charge in [-0.25, -0.2) is 9.36 Å². The number of aromatic nitrogens is 2. The summed E-state index contributed by atoms with van der Waals surface area (Å²) in [4.78, 5) is 40.8. The number of ether oxygens (including phenoxy) is 2. The summed E-state index contributed by atoms with van der Waals surface area (Å²) >= 11 is 0. The summed E-state index contributed by atoms with van der Waals surface area (Å²) in [7, 11) is -2.98. The Morgan fingerprint density at radius 1 is 1.40 bits per heavy atom. The van der Waals surface area contributed by atoms with Crippen molar-refractivity contribution in [2.75, 3.05) is 13.7 Å². The van der Waals surface area contributed by atoms with Gasteiger partial charge in [-0.3, -0.25) is 23.7 Å². The summed E-state index contributed by atoms with van der Waals surface area (Å²) in [6.07, 6.45) is -0.360. The fourth-order valence-electron chi connectivity index (χ4n) is 3.37. The van der Waals surface area contributed by atoms with Gasteiger partial charge in [0.05, 0.1) is 25.9 Å². The van der Waals surface area contributed by atoms with Crippen LogP contribution < -0.4 is 20.9 Å². The molecule has 0 bridgehead atoms. The van der Waals surface area contributed by atoms with Crippen molar-refractivity contribution in [2.24, 2.45) is 5.11 Å².